The summed E-state index contributed by atoms with van der Waals surface area (Å²) in [4.78, 5) is 5.71. The molecule has 0 unspecified atom stereocenters. The zero-order valence-corrected chi connectivity index (χ0v) is 10.6. The monoisotopic (exact) mass is 257 g/mol. The van der Waals surface area contributed by atoms with E-state index in [2.05, 4.69) is 4.98 Å². The predicted octanol–water partition coefficient (Wildman–Crippen LogP) is 4.08. The smallest absolute Gasteiger partial charge is 0.153 e. The summed E-state index contributed by atoms with van der Waals surface area (Å²) in [6.45, 7) is 2.03. The highest BCUT2D eigenvalue weighted by Gasteiger charge is 2.12. The standard InChI is InChI=1S/C14H11NO2S/c1-9-13(12-3-2-8-17-12)15-14(18-9)10-4-6-11(16)7-5-10/h2-8,16H,1H3. The third-order valence-corrected chi connectivity index (χ3v) is 3.69. The molecule has 0 amide bonds. The van der Waals surface area contributed by atoms with Gasteiger partial charge in [0.15, 0.2) is 5.76 Å². The third-order valence-electron chi connectivity index (χ3n) is 2.67. The highest BCUT2D eigenvalue weighted by atomic mass is 32.1. The number of thiazole rings is 1. The van der Waals surface area contributed by atoms with Crippen LogP contribution in [0.3, 0.4) is 0 Å². The molecular formula is C14H11NO2S. The molecule has 2 heterocycles. The molecule has 0 saturated heterocycles. The number of furan rings is 1. The van der Waals surface area contributed by atoms with Crippen molar-refractivity contribution in [2.24, 2.45) is 0 Å². The number of aromatic hydroxyl groups is 1. The molecule has 0 saturated carbocycles. The van der Waals surface area contributed by atoms with Crippen molar-refractivity contribution < 1.29 is 9.52 Å². The SMILES string of the molecule is Cc1sc(-c2ccc(O)cc2)nc1-c1ccco1. The number of rotatable bonds is 2. The molecule has 1 aromatic carbocycles. The average molecular weight is 257 g/mol. The molecule has 0 aliphatic rings. The van der Waals surface area contributed by atoms with Gasteiger partial charge in [-0.2, -0.15) is 0 Å². The molecule has 3 rings (SSSR count). The number of hydrogen-bond acceptors (Lipinski definition) is 4. The Hall–Kier alpha value is -2.07. The van der Waals surface area contributed by atoms with Crippen molar-refractivity contribution in [2.75, 3.05) is 0 Å². The fraction of sp³-hybridized carbons (Fsp3) is 0.0714. The lowest BCUT2D eigenvalue weighted by molar-refractivity contribution is 0.475. The number of hydrogen-bond donors (Lipinski definition) is 1. The molecule has 0 spiro atoms. The van der Waals surface area contributed by atoms with Gasteiger partial charge in [-0.05, 0) is 43.3 Å². The summed E-state index contributed by atoms with van der Waals surface area (Å²) in [7, 11) is 0. The minimum Gasteiger partial charge on any atom is -0.508 e. The van der Waals surface area contributed by atoms with Crippen molar-refractivity contribution >= 4 is 11.3 Å². The lowest BCUT2D eigenvalue weighted by Gasteiger charge is -1.95. The van der Waals surface area contributed by atoms with Crippen LogP contribution in [0.1, 0.15) is 4.88 Å². The van der Waals surface area contributed by atoms with Crippen molar-refractivity contribution in [2.45, 2.75) is 6.92 Å². The van der Waals surface area contributed by atoms with Crippen LogP contribution in [0.2, 0.25) is 0 Å². The van der Waals surface area contributed by atoms with Crippen molar-refractivity contribution in [3.05, 3.63) is 47.5 Å². The van der Waals surface area contributed by atoms with Gasteiger partial charge in [0.1, 0.15) is 16.5 Å². The van der Waals surface area contributed by atoms with Gasteiger partial charge < -0.3 is 9.52 Å². The second kappa shape index (κ2) is 4.31. The van der Waals surface area contributed by atoms with Gasteiger partial charge in [-0.1, -0.05) is 0 Å². The van der Waals surface area contributed by atoms with Crippen LogP contribution in [-0.2, 0) is 0 Å². The van der Waals surface area contributed by atoms with E-state index in [4.69, 9.17) is 4.42 Å². The van der Waals surface area contributed by atoms with Crippen LogP contribution in [0.4, 0.5) is 0 Å². The van der Waals surface area contributed by atoms with E-state index in [0.717, 1.165) is 26.9 Å². The Morgan fingerprint density at radius 1 is 1.17 bits per heavy atom. The first-order valence-corrected chi connectivity index (χ1v) is 6.36. The van der Waals surface area contributed by atoms with E-state index in [1.54, 1.807) is 29.7 Å². The summed E-state index contributed by atoms with van der Waals surface area (Å²) in [5.41, 5.74) is 1.88. The Morgan fingerprint density at radius 2 is 1.94 bits per heavy atom. The average Bonchev–Trinajstić information content (AvgIpc) is 2.99. The molecular weight excluding hydrogens is 246 g/mol. The second-order valence-corrected chi connectivity index (χ2v) is 5.15. The fourth-order valence-corrected chi connectivity index (χ4v) is 2.69. The summed E-state index contributed by atoms with van der Waals surface area (Å²) < 4.78 is 5.37. The van der Waals surface area contributed by atoms with E-state index in [1.807, 2.05) is 31.2 Å². The lowest BCUT2D eigenvalue weighted by atomic mass is 10.2. The van der Waals surface area contributed by atoms with Gasteiger partial charge in [-0.25, -0.2) is 4.98 Å². The zero-order chi connectivity index (χ0) is 12.5. The van der Waals surface area contributed by atoms with Gasteiger partial charge in [0.2, 0.25) is 0 Å². The van der Waals surface area contributed by atoms with Crippen LogP contribution in [0, 0.1) is 6.92 Å². The minimum atomic E-state index is 0.262. The van der Waals surface area contributed by atoms with Crippen molar-refractivity contribution in [3.8, 4) is 27.8 Å². The summed E-state index contributed by atoms with van der Waals surface area (Å²) >= 11 is 1.62. The Morgan fingerprint density at radius 3 is 2.61 bits per heavy atom. The normalized spacial score (nSPS) is 10.7. The highest BCUT2D eigenvalue weighted by Crippen LogP contribution is 2.33. The van der Waals surface area contributed by atoms with Crippen LogP contribution in [0.15, 0.2) is 47.1 Å². The van der Waals surface area contributed by atoms with E-state index in [9.17, 15) is 5.11 Å². The molecule has 4 heteroatoms. The first-order valence-electron chi connectivity index (χ1n) is 5.55. The molecule has 2 aromatic heterocycles. The molecule has 0 fully saturated rings. The number of aromatic nitrogens is 1. The Labute approximate surface area is 108 Å². The molecule has 3 aromatic rings. The summed E-state index contributed by atoms with van der Waals surface area (Å²) in [5, 5.41) is 10.2. The molecule has 0 bridgehead atoms. The highest BCUT2D eigenvalue weighted by molar-refractivity contribution is 7.15. The van der Waals surface area contributed by atoms with E-state index >= 15 is 0 Å². The number of phenolic OH excluding ortho intramolecular Hbond substituents is 1. The van der Waals surface area contributed by atoms with E-state index in [1.165, 1.54) is 0 Å². The first-order chi connectivity index (χ1) is 8.74. The summed E-state index contributed by atoms with van der Waals surface area (Å²) in [6, 6.07) is 10.8. The van der Waals surface area contributed by atoms with Gasteiger partial charge in [-0.15, -0.1) is 11.3 Å². The van der Waals surface area contributed by atoms with Crippen molar-refractivity contribution in [3.63, 3.8) is 0 Å². The number of nitrogens with zero attached hydrogens (tertiary/aromatic N) is 1. The van der Waals surface area contributed by atoms with Crippen LogP contribution in [-0.4, -0.2) is 10.1 Å². The van der Waals surface area contributed by atoms with Gasteiger partial charge >= 0.3 is 0 Å². The molecule has 3 nitrogen and oxygen atoms in total. The second-order valence-electron chi connectivity index (χ2n) is 3.95. The Bertz CT molecular complexity index is 654. The zero-order valence-electron chi connectivity index (χ0n) is 9.75. The summed E-state index contributed by atoms with van der Waals surface area (Å²) in [6.07, 6.45) is 1.65. The Balaban J connectivity index is 2.05. The predicted molar refractivity (Wildman–Crippen MR) is 71.7 cm³/mol. The van der Waals surface area contributed by atoms with E-state index in [0.29, 0.717) is 0 Å². The molecule has 0 aliphatic carbocycles. The first kappa shape index (κ1) is 11.0. The molecule has 90 valence electrons. The number of phenols is 1. The van der Waals surface area contributed by atoms with E-state index in [-0.39, 0.29) is 5.75 Å². The molecule has 18 heavy (non-hydrogen) atoms. The van der Waals surface area contributed by atoms with Gasteiger partial charge in [0.25, 0.3) is 0 Å². The minimum absolute atomic E-state index is 0.262. The van der Waals surface area contributed by atoms with Gasteiger partial charge in [0.05, 0.1) is 6.26 Å². The molecule has 0 radical (unpaired) electrons. The van der Waals surface area contributed by atoms with Crippen LogP contribution >= 0.6 is 11.3 Å². The van der Waals surface area contributed by atoms with Gasteiger partial charge in [-0.3, -0.25) is 0 Å². The van der Waals surface area contributed by atoms with Crippen molar-refractivity contribution in [1.82, 2.24) is 4.98 Å². The largest absolute Gasteiger partial charge is 0.508 e. The maximum absolute atomic E-state index is 9.28. The third kappa shape index (κ3) is 1.91. The van der Waals surface area contributed by atoms with E-state index < -0.39 is 0 Å². The van der Waals surface area contributed by atoms with Crippen molar-refractivity contribution in [1.29, 1.82) is 0 Å². The van der Waals surface area contributed by atoms with Crippen LogP contribution in [0.25, 0.3) is 22.0 Å². The number of aryl methyl sites for hydroxylation is 1. The maximum atomic E-state index is 9.28. The Kier molecular flexibility index (Phi) is 2.64. The quantitative estimate of drug-likeness (QED) is 0.752. The molecule has 1 N–H and O–H groups in total. The van der Waals surface area contributed by atoms with Crippen LogP contribution in [0.5, 0.6) is 5.75 Å². The molecule has 0 aliphatic heterocycles. The fourth-order valence-electron chi connectivity index (χ4n) is 1.77. The lowest BCUT2D eigenvalue weighted by Crippen LogP contribution is -1.78. The van der Waals surface area contributed by atoms with Crippen LogP contribution < -0.4 is 0 Å². The summed E-state index contributed by atoms with van der Waals surface area (Å²) in [5.74, 6) is 1.05. The molecule has 0 atom stereocenters. The maximum Gasteiger partial charge on any atom is 0.153 e. The number of benzene rings is 1. The van der Waals surface area contributed by atoms with Gasteiger partial charge in [0, 0.05) is 10.4 Å². The topological polar surface area (TPSA) is 46.3 Å².